The number of hydrogen-bond donors (Lipinski definition) is 2. The number of benzene rings is 1. The number of hydrogen-bond acceptors (Lipinski definition) is 7. The van der Waals surface area contributed by atoms with E-state index in [2.05, 4.69) is 66.4 Å². The van der Waals surface area contributed by atoms with Crippen LogP contribution in [0.2, 0.25) is 0 Å². The Morgan fingerprint density at radius 3 is 2.67 bits per heavy atom. The van der Waals surface area contributed by atoms with Crippen LogP contribution in [0.3, 0.4) is 0 Å². The molecule has 3 aromatic heterocycles. The van der Waals surface area contributed by atoms with E-state index in [-0.39, 0.29) is 6.04 Å². The largest absolute Gasteiger partial charge is 0.368 e. The van der Waals surface area contributed by atoms with Crippen LogP contribution in [0.25, 0.3) is 21.8 Å². The maximum Gasteiger partial charge on any atom is 0.228 e. The Morgan fingerprint density at radius 2 is 1.93 bits per heavy atom. The number of anilines is 3. The van der Waals surface area contributed by atoms with Gasteiger partial charge in [-0.05, 0) is 32.0 Å². The van der Waals surface area contributed by atoms with Crippen LogP contribution < -0.4 is 15.5 Å². The van der Waals surface area contributed by atoms with Gasteiger partial charge in [0.15, 0.2) is 0 Å². The molecule has 2 N–H and O–H groups in total. The number of fused-ring (bicyclic) bond motifs is 3. The second kappa shape index (κ2) is 7.81. The van der Waals surface area contributed by atoms with Gasteiger partial charge in [0.1, 0.15) is 11.3 Å². The third kappa shape index (κ3) is 3.48. The van der Waals surface area contributed by atoms with Crippen molar-refractivity contribution in [3.8, 4) is 0 Å². The summed E-state index contributed by atoms with van der Waals surface area (Å²) in [5, 5.41) is 13.2. The predicted octanol–water partition coefficient (Wildman–Crippen LogP) is 3.87. The predicted molar refractivity (Wildman–Crippen MR) is 124 cm³/mol. The number of pyridine rings is 1. The van der Waals surface area contributed by atoms with Gasteiger partial charge in [0.2, 0.25) is 5.95 Å². The fraction of sp³-hybridized carbons (Fsp3) is 0.333. The molecule has 0 atom stereocenters. The Morgan fingerprint density at radius 1 is 1.10 bits per heavy atom. The molecule has 0 unspecified atom stereocenters. The molecule has 4 heterocycles. The monoisotopic (exact) mass is 466 g/mol. The zero-order chi connectivity index (χ0) is 20.7. The summed E-state index contributed by atoms with van der Waals surface area (Å²) in [6, 6.07) is 6.32. The molecule has 0 radical (unpaired) electrons. The second-order valence-electron chi connectivity index (χ2n) is 7.70. The van der Waals surface area contributed by atoms with Crippen LogP contribution in [0.5, 0.6) is 0 Å². The average Bonchev–Trinajstić information content (AvgIpc) is 3.22. The third-order valence-corrected chi connectivity index (χ3v) is 5.99. The highest BCUT2D eigenvalue weighted by atomic mass is 79.9. The Labute approximate surface area is 182 Å². The van der Waals surface area contributed by atoms with Crippen LogP contribution in [0, 0.1) is 0 Å². The molecule has 0 spiro atoms. The summed E-state index contributed by atoms with van der Waals surface area (Å²) >= 11 is 3.65. The lowest BCUT2D eigenvalue weighted by Crippen LogP contribution is -2.43. The summed E-state index contributed by atoms with van der Waals surface area (Å²) in [4.78, 5) is 16.2. The van der Waals surface area contributed by atoms with Crippen molar-refractivity contribution in [2.24, 2.45) is 0 Å². The van der Waals surface area contributed by atoms with Crippen molar-refractivity contribution < 1.29 is 0 Å². The van der Waals surface area contributed by atoms with E-state index < -0.39 is 0 Å². The summed E-state index contributed by atoms with van der Waals surface area (Å²) in [5.41, 5.74) is 3.00. The minimum Gasteiger partial charge on any atom is -0.368 e. The second-order valence-corrected chi connectivity index (χ2v) is 8.55. The van der Waals surface area contributed by atoms with Crippen molar-refractivity contribution >= 4 is 55.2 Å². The Balaban J connectivity index is 1.48. The molecule has 0 saturated carbocycles. The van der Waals surface area contributed by atoms with Gasteiger partial charge in [0.25, 0.3) is 0 Å². The van der Waals surface area contributed by atoms with Crippen LogP contribution in [-0.2, 0) is 0 Å². The SMILES string of the molecule is CC(C)n1ncc2c(Br)cc3cnc(Nc4ccc(N5CCNCC5)cn4)nc3c21. The fourth-order valence-corrected chi connectivity index (χ4v) is 4.35. The molecule has 154 valence electrons. The van der Waals surface area contributed by atoms with Crippen molar-refractivity contribution in [3.63, 3.8) is 0 Å². The molecule has 8 nitrogen and oxygen atoms in total. The number of nitrogens with one attached hydrogen (secondary N) is 2. The van der Waals surface area contributed by atoms with E-state index in [1.54, 1.807) is 0 Å². The van der Waals surface area contributed by atoms with E-state index in [1.807, 2.05) is 35.4 Å². The maximum atomic E-state index is 4.80. The normalized spacial score (nSPS) is 14.7. The number of halogens is 1. The highest BCUT2D eigenvalue weighted by Gasteiger charge is 2.15. The molecular formula is C21H23BrN8. The first-order chi connectivity index (χ1) is 14.6. The Kier molecular flexibility index (Phi) is 5.00. The highest BCUT2D eigenvalue weighted by molar-refractivity contribution is 9.10. The van der Waals surface area contributed by atoms with Crippen molar-refractivity contribution in [2.45, 2.75) is 19.9 Å². The molecule has 30 heavy (non-hydrogen) atoms. The summed E-state index contributed by atoms with van der Waals surface area (Å²) in [6.07, 6.45) is 5.62. The van der Waals surface area contributed by atoms with Crippen LogP contribution in [0.4, 0.5) is 17.5 Å². The Bertz CT molecular complexity index is 1200. The minimum absolute atomic E-state index is 0.227. The number of aromatic nitrogens is 5. The lowest BCUT2D eigenvalue weighted by Gasteiger charge is -2.29. The van der Waals surface area contributed by atoms with Crippen LogP contribution in [-0.4, -0.2) is 50.9 Å². The number of nitrogens with zero attached hydrogens (tertiary/aromatic N) is 6. The van der Waals surface area contributed by atoms with Gasteiger partial charge in [-0.3, -0.25) is 4.68 Å². The lowest BCUT2D eigenvalue weighted by molar-refractivity contribution is 0.552. The van der Waals surface area contributed by atoms with Gasteiger partial charge in [0, 0.05) is 53.7 Å². The molecule has 1 aliphatic heterocycles. The van der Waals surface area contributed by atoms with Gasteiger partial charge < -0.3 is 15.5 Å². The van der Waals surface area contributed by atoms with Gasteiger partial charge in [-0.25, -0.2) is 15.0 Å². The summed E-state index contributed by atoms with van der Waals surface area (Å²) in [5.74, 6) is 1.24. The van der Waals surface area contributed by atoms with E-state index in [0.717, 1.165) is 64.0 Å². The molecule has 1 saturated heterocycles. The molecule has 0 aliphatic carbocycles. The van der Waals surface area contributed by atoms with Crippen LogP contribution in [0.15, 0.2) is 41.3 Å². The van der Waals surface area contributed by atoms with Crippen molar-refractivity contribution in [1.29, 1.82) is 0 Å². The molecule has 0 amide bonds. The molecule has 1 aliphatic rings. The zero-order valence-electron chi connectivity index (χ0n) is 16.9. The Hall–Kier alpha value is -2.78. The molecule has 5 rings (SSSR count). The molecule has 9 heteroatoms. The molecule has 4 aromatic rings. The molecule has 1 fully saturated rings. The van der Waals surface area contributed by atoms with E-state index in [0.29, 0.717) is 5.95 Å². The summed E-state index contributed by atoms with van der Waals surface area (Å²) in [7, 11) is 0. The maximum absolute atomic E-state index is 4.80. The standard InChI is InChI=1S/C21H23BrN8/c1-13(2)30-20-16(12-26-30)17(22)9-14-10-25-21(28-19(14)20)27-18-4-3-15(11-24-18)29-7-5-23-6-8-29/h3-4,9-13,23H,5-8H2,1-2H3,(H,24,25,27,28). The minimum atomic E-state index is 0.227. The van der Waals surface area contributed by atoms with Gasteiger partial charge in [0.05, 0.1) is 23.6 Å². The summed E-state index contributed by atoms with van der Waals surface area (Å²) in [6.45, 7) is 8.23. The van der Waals surface area contributed by atoms with Gasteiger partial charge >= 0.3 is 0 Å². The van der Waals surface area contributed by atoms with Crippen molar-refractivity contribution in [3.05, 3.63) is 41.3 Å². The first-order valence-electron chi connectivity index (χ1n) is 10.1. The van der Waals surface area contributed by atoms with E-state index in [1.165, 1.54) is 0 Å². The van der Waals surface area contributed by atoms with Crippen molar-refractivity contribution in [2.75, 3.05) is 36.4 Å². The third-order valence-electron chi connectivity index (χ3n) is 5.34. The van der Waals surface area contributed by atoms with Crippen LogP contribution in [0.1, 0.15) is 19.9 Å². The van der Waals surface area contributed by atoms with Gasteiger partial charge in [-0.1, -0.05) is 15.9 Å². The molecule has 0 bridgehead atoms. The van der Waals surface area contributed by atoms with Gasteiger partial charge in [-0.2, -0.15) is 5.10 Å². The topological polar surface area (TPSA) is 83.8 Å². The fourth-order valence-electron chi connectivity index (χ4n) is 3.81. The number of piperazine rings is 1. The van der Waals surface area contributed by atoms with E-state index >= 15 is 0 Å². The average molecular weight is 467 g/mol. The van der Waals surface area contributed by atoms with Gasteiger partial charge in [-0.15, -0.1) is 0 Å². The highest BCUT2D eigenvalue weighted by Crippen LogP contribution is 2.32. The van der Waals surface area contributed by atoms with Crippen molar-refractivity contribution in [1.82, 2.24) is 30.0 Å². The summed E-state index contributed by atoms with van der Waals surface area (Å²) < 4.78 is 2.99. The molecular weight excluding hydrogens is 444 g/mol. The first kappa shape index (κ1) is 19.2. The van der Waals surface area contributed by atoms with E-state index in [4.69, 9.17) is 4.98 Å². The molecule has 1 aromatic carbocycles. The first-order valence-corrected chi connectivity index (χ1v) is 10.9. The quantitative estimate of drug-likeness (QED) is 0.472. The smallest absolute Gasteiger partial charge is 0.228 e. The van der Waals surface area contributed by atoms with Crippen LogP contribution >= 0.6 is 15.9 Å². The van der Waals surface area contributed by atoms with E-state index in [9.17, 15) is 0 Å². The number of rotatable bonds is 4. The zero-order valence-corrected chi connectivity index (χ0v) is 18.5. The lowest BCUT2D eigenvalue weighted by atomic mass is 10.2.